The monoisotopic (exact) mass is 297 g/mol. The molecule has 1 aliphatic rings. The van der Waals surface area contributed by atoms with Crippen LogP contribution < -0.4 is 5.32 Å². The third-order valence-corrected chi connectivity index (χ3v) is 3.94. The highest BCUT2D eigenvalue weighted by atomic mass is 32.2. The second-order valence-corrected chi connectivity index (χ2v) is 5.27. The number of aromatic nitrogens is 2. The lowest BCUT2D eigenvalue weighted by Crippen LogP contribution is -2.31. The molecule has 1 aromatic heterocycles. The Morgan fingerprint density at radius 3 is 2.95 bits per heavy atom. The van der Waals surface area contributed by atoms with Crippen molar-refractivity contribution in [2.24, 2.45) is 0 Å². The van der Waals surface area contributed by atoms with Crippen LogP contribution in [0.1, 0.15) is 17.6 Å². The molecule has 9 heteroatoms. The van der Waals surface area contributed by atoms with Crippen LogP contribution in [0.15, 0.2) is 4.52 Å². The molecule has 2 heterocycles. The van der Waals surface area contributed by atoms with Crippen molar-refractivity contribution in [3.8, 4) is 0 Å². The van der Waals surface area contributed by atoms with Gasteiger partial charge in [-0.1, -0.05) is 5.16 Å². The second-order valence-electron chi connectivity index (χ2n) is 4.20. The van der Waals surface area contributed by atoms with Crippen LogP contribution in [0.3, 0.4) is 0 Å². The minimum absolute atomic E-state index is 0.0962. The third kappa shape index (κ3) is 4.08. The molecule has 1 saturated heterocycles. The number of alkyl halides is 3. The number of halogens is 3. The highest BCUT2D eigenvalue weighted by Gasteiger charge is 2.32. The Kier molecular flexibility index (Phi) is 4.69. The van der Waals surface area contributed by atoms with Crippen LogP contribution in [0.4, 0.5) is 13.2 Å². The van der Waals surface area contributed by atoms with E-state index < -0.39 is 12.8 Å². The van der Waals surface area contributed by atoms with Gasteiger partial charge in [-0.15, -0.1) is 0 Å². The molecule has 2 rings (SSSR count). The Hall–Kier alpha value is -0.800. The zero-order chi connectivity index (χ0) is 13.9. The van der Waals surface area contributed by atoms with Gasteiger partial charge in [0.1, 0.15) is 13.2 Å². The molecule has 0 aromatic carbocycles. The van der Waals surface area contributed by atoms with Gasteiger partial charge in [0.15, 0.2) is 5.82 Å². The summed E-state index contributed by atoms with van der Waals surface area (Å²) < 4.78 is 45.3. The van der Waals surface area contributed by atoms with Gasteiger partial charge in [-0.3, -0.25) is 0 Å². The third-order valence-electron chi connectivity index (χ3n) is 2.75. The SMILES string of the molecule is CNC1CSCC1c1nc(COCC(F)(F)F)no1. The molecule has 1 aliphatic heterocycles. The number of nitrogens with one attached hydrogen (secondary N) is 1. The van der Waals surface area contributed by atoms with E-state index in [1.165, 1.54) is 0 Å². The first-order valence-corrected chi connectivity index (χ1v) is 6.87. The van der Waals surface area contributed by atoms with Gasteiger partial charge in [0.25, 0.3) is 0 Å². The summed E-state index contributed by atoms with van der Waals surface area (Å²) in [6.45, 7) is -1.61. The summed E-state index contributed by atoms with van der Waals surface area (Å²) >= 11 is 1.77. The molecular formula is C10H14F3N3O2S. The summed E-state index contributed by atoms with van der Waals surface area (Å²) in [5.41, 5.74) is 0. The van der Waals surface area contributed by atoms with Gasteiger partial charge in [-0.05, 0) is 7.05 Å². The van der Waals surface area contributed by atoms with Crippen molar-refractivity contribution in [1.82, 2.24) is 15.5 Å². The predicted molar refractivity (Wildman–Crippen MR) is 62.9 cm³/mol. The normalized spacial score (nSPS) is 24.0. The first kappa shape index (κ1) is 14.6. The molecule has 1 aromatic rings. The number of likely N-dealkylation sites (N-methyl/N-ethyl adjacent to an activating group) is 1. The summed E-state index contributed by atoms with van der Waals surface area (Å²) in [5.74, 6) is 2.50. The Bertz CT molecular complexity index is 413. The van der Waals surface area contributed by atoms with Crippen LogP contribution in [0.25, 0.3) is 0 Å². The van der Waals surface area contributed by atoms with Crippen LogP contribution in [0.2, 0.25) is 0 Å². The van der Waals surface area contributed by atoms with E-state index in [1.807, 2.05) is 7.05 Å². The Morgan fingerprint density at radius 1 is 1.47 bits per heavy atom. The van der Waals surface area contributed by atoms with Crippen LogP contribution in [0, 0.1) is 0 Å². The van der Waals surface area contributed by atoms with Crippen molar-refractivity contribution in [1.29, 1.82) is 0 Å². The van der Waals surface area contributed by atoms with E-state index in [2.05, 4.69) is 20.2 Å². The Labute approximate surface area is 112 Å². The fourth-order valence-corrected chi connectivity index (χ4v) is 3.23. The average Bonchev–Trinajstić information content (AvgIpc) is 2.93. The van der Waals surface area contributed by atoms with Gasteiger partial charge in [-0.2, -0.15) is 29.9 Å². The summed E-state index contributed by atoms with van der Waals surface area (Å²) in [6, 6.07) is 0.245. The zero-order valence-corrected chi connectivity index (χ0v) is 11.1. The minimum atomic E-state index is -4.34. The molecule has 0 saturated carbocycles. The fourth-order valence-electron chi connectivity index (χ4n) is 1.82. The maximum absolute atomic E-state index is 11.9. The molecule has 2 unspecified atom stereocenters. The molecule has 2 atom stereocenters. The summed E-state index contributed by atoms with van der Waals surface area (Å²) in [4.78, 5) is 4.09. The molecular weight excluding hydrogens is 283 g/mol. The molecule has 0 aliphatic carbocycles. The predicted octanol–water partition coefficient (Wildman–Crippen LogP) is 1.57. The van der Waals surface area contributed by atoms with E-state index in [4.69, 9.17) is 4.52 Å². The van der Waals surface area contributed by atoms with E-state index >= 15 is 0 Å². The van der Waals surface area contributed by atoms with E-state index in [0.29, 0.717) is 5.89 Å². The van der Waals surface area contributed by atoms with Crippen LogP contribution in [0.5, 0.6) is 0 Å². The maximum atomic E-state index is 11.9. The largest absolute Gasteiger partial charge is 0.411 e. The van der Waals surface area contributed by atoms with Crippen LogP contribution in [-0.4, -0.2) is 47.5 Å². The number of hydrogen-bond acceptors (Lipinski definition) is 6. The first-order chi connectivity index (χ1) is 8.99. The number of thioether (sulfide) groups is 1. The maximum Gasteiger partial charge on any atom is 0.411 e. The van der Waals surface area contributed by atoms with Gasteiger partial charge in [0.2, 0.25) is 5.89 Å². The van der Waals surface area contributed by atoms with Gasteiger partial charge >= 0.3 is 6.18 Å². The van der Waals surface area contributed by atoms with Crippen molar-refractivity contribution < 1.29 is 22.4 Å². The van der Waals surface area contributed by atoms with Crippen molar-refractivity contribution in [2.45, 2.75) is 24.7 Å². The minimum Gasteiger partial charge on any atom is -0.364 e. The van der Waals surface area contributed by atoms with Crippen molar-refractivity contribution in [3.05, 3.63) is 11.7 Å². The Morgan fingerprint density at radius 2 is 2.26 bits per heavy atom. The Balaban J connectivity index is 1.88. The van der Waals surface area contributed by atoms with Gasteiger partial charge < -0.3 is 14.6 Å². The van der Waals surface area contributed by atoms with E-state index in [0.717, 1.165) is 11.5 Å². The highest BCUT2D eigenvalue weighted by molar-refractivity contribution is 7.99. The molecule has 0 amide bonds. The van der Waals surface area contributed by atoms with E-state index in [1.54, 1.807) is 11.8 Å². The number of hydrogen-bond donors (Lipinski definition) is 1. The number of nitrogens with zero attached hydrogens (tertiary/aromatic N) is 2. The quantitative estimate of drug-likeness (QED) is 0.890. The smallest absolute Gasteiger partial charge is 0.364 e. The molecule has 0 spiro atoms. The fraction of sp³-hybridized carbons (Fsp3) is 0.800. The van der Waals surface area contributed by atoms with Gasteiger partial charge in [-0.25, -0.2) is 0 Å². The molecule has 1 fully saturated rings. The summed E-state index contributed by atoms with van der Waals surface area (Å²) in [5, 5.41) is 6.79. The van der Waals surface area contributed by atoms with Crippen molar-refractivity contribution in [2.75, 3.05) is 25.2 Å². The van der Waals surface area contributed by atoms with Crippen molar-refractivity contribution in [3.63, 3.8) is 0 Å². The van der Waals surface area contributed by atoms with Crippen LogP contribution in [-0.2, 0) is 11.3 Å². The zero-order valence-electron chi connectivity index (χ0n) is 10.2. The summed E-state index contributed by atoms with van der Waals surface area (Å²) in [7, 11) is 1.85. The average molecular weight is 297 g/mol. The number of ether oxygens (including phenoxy) is 1. The van der Waals surface area contributed by atoms with Gasteiger partial charge in [0.05, 0.1) is 5.92 Å². The van der Waals surface area contributed by atoms with Crippen molar-refractivity contribution >= 4 is 11.8 Å². The molecule has 108 valence electrons. The van der Waals surface area contributed by atoms with E-state index in [9.17, 15) is 13.2 Å². The topological polar surface area (TPSA) is 60.2 Å². The molecule has 0 bridgehead atoms. The number of rotatable bonds is 5. The standard InChI is InChI=1S/C10H14F3N3O2S/c1-14-7-4-19-3-6(7)9-15-8(16-18-9)2-17-5-10(11,12)13/h6-7,14H,2-5H2,1H3. The molecule has 5 nitrogen and oxygen atoms in total. The molecule has 1 N–H and O–H groups in total. The highest BCUT2D eigenvalue weighted by Crippen LogP contribution is 2.31. The lowest BCUT2D eigenvalue weighted by molar-refractivity contribution is -0.177. The lowest BCUT2D eigenvalue weighted by Gasteiger charge is -2.13. The first-order valence-electron chi connectivity index (χ1n) is 5.71. The van der Waals surface area contributed by atoms with E-state index in [-0.39, 0.29) is 24.4 Å². The lowest BCUT2D eigenvalue weighted by atomic mass is 10.0. The van der Waals surface area contributed by atoms with Crippen LogP contribution >= 0.6 is 11.8 Å². The molecule has 0 radical (unpaired) electrons. The van der Waals surface area contributed by atoms with Gasteiger partial charge in [0, 0.05) is 17.5 Å². The second kappa shape index (κ2) is 6.10. The summed E-state index contributed by atoms with van der Waals surface area (Å²) in [6.07, 6.45) is -4.34. The molecule has 19 heavy (non-hydrogen) atoms.